The smallest absolute Gasteiger partial charge is 0.187 e. The van der Waals surface area contributed by atoms with Crippen LogP contribution in [0, 0.1) is 0 Å². The standard InChI is InChI=1S/C12H22O10/c1-4(15)11(7(17)5(16)2-13)22-12-10(20)9(19)8(18)6(3-14)21-12/h2,4-12,14-20H,3H2,1H3/t4?,5?,6-,7?,8-,9+,10-,11?,12?/m1/s1. The number of hydrogen-bond acceptors (Lipinski definition) is 10. The van der Waals surface area contributed by atoms with Crippen LogP contribution in [-0.2, 0) is 14.3 Å². The van der Waals surface area contributed by atoms with Gasteiger partial charge in [0.05, 0.1) is 12.7 Å². The van der Waals surface area contributed by atoms with E-state index in [1.807, 2.05) is 0 Å². The normalized spacial score (nSPS) is 38.1. The van der Waals surface area contributed by atoms with Gasteiger partial charge in [-0.15, -0.1) is 0 Å². The molecule has 22 heavy (non-hydrogen) atoms. The molecule has 0 saturated carbocycles. The molecule has 9 atom stereocenters. The lowest BCUT2D eigenvalue weighted by atomic mass is 9.98. The second-order valence-electron chi connectivity index (χ2n) is 5.16. The molecule has 1 rings (SSSR count). The summed E-state index contributed by atoms with van der Waals surface area (Å²) in [4.78, 5) is 10.5. The molecule has 0 radical (unpaired) electrons. The lowest BCUT2D eigenvalue weighted by molar-refractivity contribution is -0.324. The minimum Gasteiger partial charge on any atom is -0.394 e. The molecule has 7 N–H and O–H groups in total. The summed E-state index contributed by atoms with van der Waals surface area (Å²) < 4.78 is 10.2. The molecule has 10 heteroatoms. The van der Waals surface area contributed by atoms with Crippen molar-refractivity contribution in [3.63, 3.8) is 0 Å². The predicted octanol–water partition coefficient (Wildman–Crippen LogP) is -4.53. The van der Waals surface area contributed by atoms with Crippen molar-refractivity contribution in [3.05, 3.63) is 0 Å². The van der Waals surface area contributed by atoms with Gasteiger partial charge < -0.3 is 50.0 Å². The van der Waals surface area contributed by atoms with Gasteiger partial charge in [-0.25, -0.2) is 0 Å². The number of hydrogen-bond donors (Lipinski definition) is 7. The Bertz CT molecular complexity index is 349. The van der Waals surface area contributed by atoms with Gasteiger partial charge in [-0.3, -0.25) is 0 Å². The average Bonchev–Trinajstić information content (AvgIpc) is 2.50. The van der Waals surface area contributed by atoms with E-state index in [-0.39, 0.29) is 6.29 Å². The summed E-state index contributed by atoms with van der Waals surface area (Å²) in [6.07, 6.45) is -14.4. The Kier molecular flexibility index (Phi) is 7.25. The highest BCUT2D eigenvalue weighted by Gasteiger charge is 2.46. The largest absolute Gasteiger partial charge is 0.394 e. The maximum Gasteiger partial charge on any atom is 0.187 e. The molecule has 0 bridgehead atoms. The zero-order chi connectivity index (χ0) is 17.0. The number of carbonyl (C=O) groups is 1. The molecule has 0 spiro atoms. The molecule has 10 nitrogen and oxygen atoms in total. The van der Waals surface area contributed by atoms with E-state index in [1.54, 1.807) is 0 Å². The Balaban J connectivity index is 2.85. The van der Waals surface area contributed by atoms with Crippen molar-refractivity contribution >= 4 is 6.29 Å². The Morgan fingerprint density at radius 2 is 1.73 bits per heavy atom. The lowest BCUT2D eigenvalue weighted by Gasteiger charge is -2.41. The van der Waals surface area contributed by atoms with Crippen LogP contribution in [0.15, 0.2) is 0 Å². The van der Waals surface area contributed by atoms with Crippen molar-refractivity contribution in [1.82, 2.24) is 0 Å². The van der Waals surface area contributed by atoms with E-state index in [9.17, 15) is 35.4 Å². The monoisotopic (exact) mass is 326 g/mol. The van der Waals surface area contributed by atoms with Crippen LogP contribution in [0.5, 0.6) is 0 Å². The van der Waals surface area contributed by atoms with Gasteiger partial charge in [0.1, 0.15) is 42.7 Å². The molecule has 1 heterocycles. The number of aliphatic hydroxyl groups is 7. The van der Waals surface area contributed by atoms with E-state index in [2.05, 4.69) is 0 Å². The molecule has 1 saturated heterocycles. The van der Waals surface area contributed by atoms with Crippen molar-refractivity contribution in [3.8, 4) is 0 Å². The second kappa shape index (κ2) is 8.24. The third-order valence-corrected chi connectivity index (χ3v) is 3.44. The summed E-state index contributed by atoms with van der Waals surface area (Å²) >= 11 is 0. The fourth-order valence-corrected chi connectivity index (χ4v) is 2.09. The van der Waals surface area contributed by atoms with Crippen LogP contribution in [0.3, 0.4) is 0 Å². The van der Waals surface area contributed by atoms with E-state index in [1.165, 1.54) is 6.92 Å². The van der Waals surface area contributed by atoms with Crippen LogP contribution in [0.25, 0.3) is 0 Å². The number of ether oxygens (including phenoxy) is 2. The topological polar surface area (TPSA) is 177 Å². The van der Waals surface area contributed by atoms with E-state index in [4.69, 9.17) is 14.6 Å². The first-order valence-electron chi connectivity index (χ1n) is 6.70. The number of aldehydes is 1. The van der Waals surface area contributed by atoms with Gasteiger partial charge in [0.2, 0.25) is 0 Å². The molecule has 0 aliphatic carbocycles. The van der Waals surface area contributed by atoms with E-state index < -0.39 is 61.7 Å². The van der Waals surface area contributed by atoms with Gasteiger partial charge in [0.15, 0.2) is 12.6 Å². The fourth-order valence-electron chi connectivity index (χ4n) is 2.09. The molecule has 130 valence electrons. The van der Waals surface area contributed by atoms with Crippen LogP contribution in [0.4, 0.5) is 0 Å². The van der Waals surface area contributed by atoms with Crippen molar-refractivity contribution < 1.29 is 50.0 Å². The fraction of sp³-hybridized carbons (Fsp3) is 0.917. The maximum absolute atomic E-state index is 10.5. The molecule has 1 aliphatic rings. The first kappa shape index (κ1) is 19.4. The minimum atomic E-state index is -1.84. The summed E-state index contributed by atoms with van der Waals surface area (Å²) in [5.74, 6) is 0. The third-order valence-electron chi connectivity index (χ3n) is 3.44. The van der Waals surface area contributed by atoms with Gasteiger partial charge in [-0.2, -0.15) is 0 Å². The minimum absolute atomic E-state index is 0.0384. The van der Waals surface area contributed by atoms with E-state index in [0.717, 1.165) is 0 Å². The molecule has 0 aromatic carbocycles. The maximum atomic E-state index is 10.5. The summed E-state index contributed by atoms with van der Waals surface area (Å²) in [5, 5.41) is 66.7. The van der Waals surface area contributed by atoms with Crippen LogP contribution in [0.1, 0.15) is 6.92 Å². The molecular formula is C12H22O10. The third kappa shape index (κ3) is 4.19. The van der Waals surface area contributed by atoms with Gasteiger partial charge in [0, 0.05) is 0 Å². The van der Waals surface area contributed by atoms with Crippen LogP contribution in [-0.4, -0.2) is 104 Å². The van der Waals surface area contributed by atoms with Crippen molar-refractivity contribution in [2.24, 2.45) is 0 Å². The highest BCUT2D eigenvalue weighted by molar-refractivity contribution is 5.56. The van der Waals surface area contributed by atoms with Gasteiger partial charge in [0.25, 0.3) is 0 Å². The average molecular weight is 326 g/mol. The predicted molar refractivity (Wildman–Crippen MR) is 68.4 cm³/mol. The molecule has 1 fully saturated rings. The highest BCUT2D eigenvalue weighted by atomic mass is 16.7. The van der Waals surface area contributed by atoms with Gasteiger partial charge >= 0.3 is 0 Å². The van der Waals surface area contributed by atoms with Crippen LogP contribution in [0.2, 0.25) is 0 Å². The summed E-state index contributed by atoms with van der Waals surface area (Å²) in [6.45, 7) is 0.527. The quantitative estimate of drug-likeness (QED) is 0.225. The number of aliphatic hydroxyl groups excluding tert-OH is 7. The van der Waals surface area contributed by atoms with Gasteiger partial charge in [-0.1, -0.05) is 0 Å². The lowest BCUT2D eigenvalue weighted by Crippen LogP contribution is -2.61. The van der Waals surface area contributed by atoms with E-state index in [0.29, 0.717) is 0 Å². The van der Waals surface area contributed by atoms with Crippen molar-refractivity contribution in [2.45, 2.75) is 62.0 Å². The molecular weight excluding hydrogens is 304 g/mol. The van der Waals surface area contributed by atoms with Crippen molar-refractivity contribution in [2.75, 3.05) is 6.61 Å². The molecule has 0 aromatic heterocycles. The van der Waals surface area contributed by atoms with Gasteiger partial charge in [-0.05, 0) is 6.92 Å². The first-order valence-corrected chi connectivity index (χ1v) is 6.70. The van der Waals surface area contributed by atoms with Crippen LogP contribution >= 0.6 is 0 Å². The molecule has 5 unspecified atom stereocenters. The molecule has 0 aromatic rings. The first-order chi connectivity index (χ1) is 10.2. The highest BCUT2D eigenvalue weighted by Crippen LogP contribution is 2.24. The number of carbonyl (C=O) groups excluding carboxylic acids is 1. The number of rotatable bonds is 7. The Morgan fingerprint density at radius 3 is 2.18 bits per heavy atom. The zero-order valence-electron chi connectivity index (χ0n) is 11.8. The van der Waals surface area contributed by atoms with Crippen LogP contribution < -0.4 is 0 Å². The summed E-state index contributed by atoms with van der Waals surface area (Å²) in [6, 6.07) is 0. The Hall–Kier alpha value is -0.690. The second-order valence-corrected chi connectivity index (χ2v) is 5.16. The van der Waals surface area contributed by atoms with E-state index >= 15 is 0 Å². The summed E-state index contributed by atoms with van der Waals surface area (Å²) in [5.41, 5.74) is 0. The van der Waals surface area contributed by atoms with Crippen molar-refractivity contribution in [1.29, 1.82) is 0 Å². The SMILES string of the molecule is CC(O)C(OC1O[C@H](CO)[C@@H](O)[C@H](O)[C@H]1O)C(O)C(O)C=O. The zero-order valence-corrected chi connectivity index (χ0v) is 11.8. The molecule has 1 aliphatic heterocycles. The summed E-state index contributed by atoms with van der Waals surface area (Å²) in [7, 11) is 0. The molecule has 0 amide bonds. The Morgan fingerprint density at radius 1 is 1.14 bits per heavy atom. The Labute approximate surface area is 126 Å².